The number of ether oxygens (including phenoxy) is 3. The lowest BCUT2D eigenvalue weighted by molar-refractivity contribution is -0.157. The fraction of sp³-hybridized carbons (Fsp3) is 0.914. The molecule has 0 fully saturated rings. The van der Waals surface area contributed by atoms with Crippen LogP contribution >= 0.6 is 19.4 Å². The number of hydrogen-bond acceptors (Lipinski definition) is 9. The molecule has 15 heteroatoms. The SMILES string of the molecule is CCCCCCCCCCCC(=O)OC[C@H](CSC[C@@H](N)C(=O)NCCOCCC(F)(F)P(=O)(O)O)OC(=O)CCCCCCCCCCC. The van der Waals surface area contributed by atoms with Gasteiger partial charge in [-0.1, -0.05) is 117 Å². The van der Waals surface area contributed by atoms with Gasteiger partial charge in [0.1, 0.15) is 12.7 Å². The Hall–Kier alpha value is -1.31. The largest absolute Gasteiger partial charge is 0.462 e. The van der Waals surface area contributed by atoms with Gasteiger partial charge in [0.05, 0.1) is 19.3 Å². The first-order chi connectivity index (χ1) is 23.8. The zero-order chi connectivity index (χ0) is 37.5. The molecule has 0 aromatic heterocycles. The van der Waals surface area contributed by atoms with Gasteiger partial charge in [0, 0.05) is 37.3 Å². The molecule has 0 aliphatic rings. The molecular weight excluding hydrogens is 693 g/mol. The highest BCUT2D eigenvalue weighted by Gasteiger charge is 2.48. The smallest absolute Gasteiger partial charge is 0.394 e. The van der Waals surface area contributed by atoms with Crippen molar-refractivity contribution >= 4 is 37.2 Å². The minimum Gasteiger partial charge on any atom is -0.462 e. The lowest BCUT2D eigenvalue weighted by Gasteiger charge is -2.19. The number of carbonyl (C=O) groups excluding carboxylic acids is 3. The second-order valence-electron chi connectivity index (χ2n) is 13.0. The number of esters is 2. The van der Waals surface area contributed by atoms with Crippen LogP contribution in [0.25, 0.3) is 0 Å². The number of rotatable bonds is 35. The summed E-state index contributed by atoms with van der Waals surface area (Å²) in [5, 5.41) is 2.52. The Morgan fingerprint density at radius 1 is 0.760 bits per heavy atom. The molecule has 0 saturated carbocycles. The van der Waals surface area contributed by atoms with Crippen LogP contribution in [0.4, 0.5) is 8.78 Å². The van der Waals surface area contributed by atoms with E-state index in [0.717, 1.165) is 44.9 Å². The van der Waals surface area contributed by atoms with E-state index in [0.29, 0.717) is 6.42 Å². The van der Waals surface area contributed by atoms with Crippen LogP contribution in [0.5, 0.6) is 0 Å². The van der Waals surface area contributed by atoms with Crippen LogP contribution < -0.4 is 11.1 Å². The standard InChI is InChI=1S/C35H67F2N2O9PS/c1-3-5-7-9-11-13-15-17-19-21-32(40)47-27-30(48-33(41)22-20-18-16-14-12-10-8-6-4-2)28-50-29-31(38)34(42)39-24-26-46-25-23-35(36,37)49(43,44)45/h30-31H,3-29,38H2,1-2H3,(H,39,42)(H2,43,44,45)/t30-,31-/m1/s1. The maximum Gasteiger partial charge on any atom is 0.394 e. The molecule has 0 bridgehead atoms. The second kappa shape index (κ2) is 31.2. The molecule has 0 aromatic rings. The first-order valence-electron chi connectivity index (χ1n) is 18.8. The van der Waals surface area contributed by atoms with E-state index in [1.165, 1.54) is 82.4 Å². The first kappa shape index (κ1) is 48.7. The third kappa shape index (κ3) is 28.3. The molecule has 0 spiro atoms. The number of nitrogens with two attached hydrogens (primary N) is 1. The summed E-state index contributed by atoms with van der Waals surface area (Å²) in [6.45, 7) is 3.54. The number of alkyl halides is 2. The number of unbranched alkanes of at least 4 members (excludes halogenated alkanes) is 16. The number of carbonyl (C=O) groups is 3. The zero-order valence-electron chi connectivity index (χ0n) is 30.7. The van der Waals surface area contributed by atoms with Crippen molar-refractivity contribution in [1.29, 1.82) is 0 Å². The van der Waals surface area contributed by atoms with E-state index in [1.54, 1.807) is 0 Å². The van der Waals surface area contributed by atoms with Crippen LogP contribution in [0.3, 0.4) is 0 Å². The fourth-order valence-corrected chi connectivity index (χ4v) is 6.35. The molecule has 0 saturated heterocycles. The Morgan fingerprint density at radius 2 is 1.24 bits per heavy atom. The number of thioether (sulfide) groups is 1. The maximum atomic E-state index is 13.3. The van der Waals surface area contributed by atoms with Crippen molar-refractivity contribution in [2.45, 2.75) is 166 Å². The Morgan fingerprint density at radius 3 is 1.74 bits per heavy atom. The van der Waals surface area contributed by atoms with Crippen molar-refractivity contribution in [3.8, 4) is 0 Å². The van der Waals surface area contributed by atoms with Crippen molar-refractivity contribution in [3.63, 3.8) is 0 Å². The van der Waals surface area contributed by atoms with Crippen LogP contribution in [0.2, 0.25) is 0 Å². The molecule has 0 aliphatic carbocycles. The Balaban J connectivity index is 4.55. The van der Waals surface area contributed by atoms with Crippen molar-refractivity contribution in [2.24, 2.45) is 5.73 Å². The Bertz CT molecular complexity index is 931. The van der Waals surface area contributed by atoms with E-state index in [1.807, 2.05) is 0 Å². The predicted molar refractivity (Wildman–Crippen MR) is 195 cm³/mol. The molecule has 5 N–H and O–H groups in total. The lowest BCUT2D eigenvalue weighted by Crippen LogP contribution is -2.43. The van der Waals surface area contributed by atoms with Crippen LogP contribution in [0, 0.1) is 0 Å². The van der Waals surface area contributed by atoms with Gasteiger partial charge in [-0.15, -0.1) is 0 Å². The quantitative estimate of drug-likeness (QED) is 0.0284. The van der Waals surface area contributed by atoms with Gasteiger partial charge < -0.3 is 35.0 Å². The number of nitrogens with one attached hydrogen (secondary N) is 1. The molecule has 0 radical (unpaired) electrons. The zero-order valence-corrected chi connectivity index (χ0v) is 32.4. The topological polar surface area (TPSA) is 174 Å². The van der Waals surface area contributed by atoms with Crippen LogP contribution in [-0.4, -0.2) is 83.3 Å². The lowest BCUT2D eigenvalue weighted by atomic mass is 10.1. The number of amides is 1. The monoisotopic (exact) mass is 760 g/mol. The van der Waals surface area contributed by atoms with Gasteiger partial charge in [-0.3, -0.25) is 18.9 Å². The third-order valence-corrected chi connectivity index (χ3v) is 10.4. The van der Waals surface area contributed by atoms with Crippen LogP contribution in [-0.2, 0) is 33.2 Å². The Kier molecular flexibility index (Phi) is 30.4. The molecule has 1 amide bonds. The average Bonchev–Trinajstić information content (AvgIpc) is 3.06. The second-order valence-corrected chi connectivity index (χ2v) is 15.8. The van der Waals surface area contributed by atoms with E-state index < -0.39 is 44.3 Å². The van der Waals surface area contributed by atoms with Gasteiger partial charge in [0.25, 0.3) is 0 Å². The van der Waals surface area contributed by atoms with Crippen LogP contribution in [0.1, 0.15) is 149 Å². The Labute approximate surface area is 303 Å². The van der Waals surface area contributed by atoms with E-state index in [4.69, 9.17) is 29.7 Å². The highest BCUT2D eigenvalue weighted by atomic mass is 32.2. The summed E-state index contributed by atoms with van der Waals surface area (Å²) in [5.41, 5.74) is 1.80. The predicted octanol–water partition coefficient (Wildman–Crippen LogP) is 7.64. The van der Waals surface area contributed by atoms with Gasteiger partial charge in [-0.25, -0.2) is 0 Å². The van der Waals surface area contributed by atoms with E-state index in [2.05, 4.69) is 19.2 Å². The highest BCUT2D eigenvalue weighted by molar-refractivity contribution is 7.99. The van der Waals surface area contributed by atoms with Gasteiger partial charge in [-0.05, 0) is 12.8 Å². The van der Waals surface area contributed by atoms with Crippen molar-refractivity contribution in [1.82, 2.24) is 5.32 Å². The molecule has 50 heavy (non-hydrogen) atoms. The molecule has 11 nitrogen and oxygen atoms in total. The third-order valence-electron chi connectivity index (χ3n) is 8.15. The molecule has 0 heterocycles. The summed E-state index contributed by atoms with van der Waals surface area (Å²) in [6, 6.07) is -0.925. The summed E-state index contributed by atoms with van der Waals surface area (Å²) in [6.07, 6.45) is 19.2. The van der Waals surface area contributed by atoms with Crippen molar-refractivity contribution in [3.05, 3.63) is 0 Å². The summed E-state index contributed by atoms with van der Waals surface area (Å²) < 4.78 is 53.4. The van der Waals surface area contributed by atoms with Gasteiger partial charge in [-0.2, -0.15) is 20.5 Å². The molecule has 0 unspecified atom stereocenters. The van der Waals surface area contributed by atoms with E-state index in [-0.39, 0.29) is 49.6 Å². The summed E-state index contributed by atoms with van der Waals surface area (Å²) in [5.74, 6) is -0.740. The van der Waals surface area contributed by atoms with Gasteiger partial charge in [0.15, 0.2) is 0 Å². The highest BCUT2D eigenvalue weighted by Crippen LogP contribution is 2.54. The molecule has 0 aromatic carbocycles. The molecular formula is C35H67F2N2O9PS. The van der Waals surface area contributed by atoms with E-state index in [9.17, 15) is 27.7 Å². The summed E-state index contributed by atoms with van der Waals surface area (Å²) in [7, 11) is -5.57. The summed E-state index contributed by atoms with van der Waals surface area (Å²) >= 11 is 1.28. The first-order valence-corrected chi connectivity index (χ1v) is 21.6. The van der Waals surface area contributed by atoms with Crippen molar-refractivity contribution in [2.75, 3.05) is 37.9 Å². The molecule has 2 atom stereocenters. The minimum atomic E-state index is -5.57. The van der Waals surface area contributed by atoms with Gasteiger partial charge in [0.2, 0.25) is 5.91 Å². The van der Waals surface area contributed by atoms with Crippen molar-refractivity contribution < 1.29 is 51.7 Å². The average molecular weight is 761 g/mol. The fourth-order valence-electron chi connectivity index (χ4n) is 5.00. The molecule has 0 aliphatic heterocycles. The minimum absolute atomic E-state index is 0.0350. The molecule has 0 rings (SSSR count). The van der Waals surface area contributed by atoms with E-state index >= 15 is 0 Å². The summed E-state index contributed by atoms with van der Waals surface area (Å²) in [4.78, 5) is 54.6. The number of halogens is 2. The van der Waals surface area contributed by atoms with Crippen LogP contribution in [0.15, 0.2) is 0 Å². The normalized spacial score (nSPS) is 13.2. The number of hydrogen-bond donors (Lipinski definition) is 4. The van der Waals surface area contributed by atoms with Gasteiger partial charge >= 0.3 is 25.2 Å². The maximum absolute atomic E-state index is 13.3. The molecule has 296 valence electrons.